The monoisotopic (exact) mass is 485 g/mol. The Morgan fingerprint density at radius 1 is 1.14 bits per heavy atom. The Hall–Kier alpha value is -4.11. The summed E-state index contributed by atoms with van der Waals surface area (Å²) in [4.78, 5) is 23.9. The Kier molecular flexibility index (Phi) is 6.73. The summed E-state index contributed by atoms with van der Waals surface area (Å²) in [7, 11) is 0. The van der Waals surface area contributed by atoms with Gasteiger partial charge in [-0.25, -0.2) is 4.98 Å². The van der Waals surface area contributed by atoms with Gasteiger partial charge in [0.25, 0.3) is 5.91 Å². The number of nitrogens with one attached hydrogen (secondary N) is 4. The maximum Gasteiger partial charge on any atom is 0.254 e. The maximum absolute atomic E-state index is 12.4. The van der Waals surface area contributed by atoms with Gasteiger partial charge in [-0.05, 0) is 37.6 Å². The number of carbonyl (C=O) groups is 1. The van der Waals surface area contributed by atoms with Crippen LogP contribution in [0.2, 0.25) is 0 Å². The van der Waals surface area contributed by atoms with E-state index in [9.17, 15) is 4.79 Å². The minimum absolute atomic E-state index is 0.0106. The molecule has 1 aromatic heterocycles. The molecule has 0 spiro atoms. The fraction of sp³-hybridized carbons (Fsp3) is 0.296. The third-order valence-corrected chi connectivity index (χ3v) is 6.16. The Morgan fingerprint density at radius 3 is 2.75 bits per heavy atom. The predicted molar refractivity (Wildman–Crippen MR) is 144 cm³/mol. The molecule has 0 radical (unpaired) electrons. The van der Waals surface area contributed by atoms with Crippen LogP contribution < -0.4 is 30.9 Å². The van der Waals surface area contributed by atoms with Gasteiger partial charge >= 0.3 is 0 Å². The lowest BCUT2D eigenvalue weighted by Gasteiger charge is -2.30. The molecule has 0 unspecified atom stereocenters. The van der Waals surface area contributed by atoms with Gasteiger partial charge in [-0.3, -0.25) is 4.79 Å². The molecule has 5 rings (SSSR count). The van der Waals surface area contributed by atoms with Crippen molar-refractivity contribution < 1.29 is 9.53 Å². The number of carbonyl (C=O) groups excluding carboxylic acids is 1. The summed E-state index contributed by atoms with van der Waals surface area (Å²) in [5.41, 5.74) is 4.91. The summed E-state index contributed by atoms with van der Waals surface area (Å²) in [6.07, 6.45) is 3.40. The Balaban J connectivity index is 1.44. The van der Waals surface area contributed by atoms with Crippen molar-refractivity contribution in [3.8, 4) is 5.75 Å². The number of ether oxygens (including phenoxy) is 1. The van der Waals surface area contributed by atoms with Crippen molar-refractivity contribution in [2.24, 2.45) is 0 Å². The SMILES string of the molecule is C=Cc1cnc(Nc2ccc(N3CCNCC3)cc2OC(C)C)nc1Nc1cccc2c1C(=O)NC2. The number of anilines is 5. The number of fused-ring (bicyclic) bond motifs is 1. The number of nitrogens with zero attached hydrogens (tertiary/aromatic N) is 3. The zero-order valence-corrected chi connectivity index (χ0v) is 20.6. The Morgan fingerprint density at radius 2 is 1.97 bits per heavy atom. The number of amides is 1. The predicted octanol–water partition coefficient (Wildman–Crippen LogP) is 4.05. The third-order valence-electron chi connectivity index (χ3n) is 6.16. The first-order valence-electron chi connectivity index (χ1n) is 12.2. The lowest BCUT2D eigenvalue weighted by Crippen LogP contribution is -2.43. The van der Waals surface area contributed by atoms with Crippen LogP contribution in [0.1, 0.15) is 35.3 Å². The molecule has 0 bridgehead atoms. The molecule has 0 aliphatic carbocycles. The highest BCUT2D eigenvalue weighted by atomic mass is 16.5. The van der Waals surface area contributed by atoms with E-state index in [4.69, 9.17) is 9.72 Å². The van der Waals surface area contributed by atoms with E-state index in [0.717, 1.165) is 54.4 Å². The molecule has 3 aromatic rings. The lowest BCUT2D eigenvalue weighted by molar-refractivity contribution is 0.0966. The zero-order valence-electron chi connectivity index (χ0n) is 20.6. The van der Waals surface area contributed by atoms with E-state index >= 15 is 0 Å². The normalized spacial score (nSPS) is 14.9. The fourth-order valence-corrected chi connectivity index (χ4v) is 4.42. The minimum atomic E-state index is -0.0966. The molecule has 1 saturated heterocycles. The van der Waals surface area contributed by atoms with Gasteiger partial charge in [-0.15, -0.1) is 0 Å². The second-order valence-corrected chi connectivity index (χ2v) is 9.06. The van der Waals surface area contributed by atoms with Gasteiger partial charge in [0.1, 0.15) is 11.6 Å². The molecule has 3 heterocycles. The van der Waals surface area contributed by atoms with Crippen LogP contribution in [-0.2, 0) is 6.54 Å². The first-order valence-corrected chi connectivity index (χ1v) is 12.2. The van der Waals surface area contributed by atoms with Crippen molar-refractivity contribution in [2.45, 2.75) is 26.5 Å². The Labute approximate surface area is 211 Å². The number of piperazine rings is 1. The van der Waals surface area contributed by atoms with E-state index in [1.54, 1.807) is 12.3 Å². The number of hydrogen-bond donors (Lipinski definition) is 4. The number of benzene rings is 2. The molecule has 0 atom stereocenters. The largest absolute Gasteiger partial charge is 0.489 e. The van der Waals surface area contributed by atoms with Crippen molar-refractivity contribution >= 4 is 40.8 Å². The molecule has 2 aromatic carbocycles. The molecule has 9 heteroatoms. The molecule has 2 aliphatic heterocycles. The van der Waals surface area contributed by atoms with Crippen molar-refractivity contribution in [2.75, 3.05) is 41.7 Å². The van der Waals surface area contributed by atoms with Crippen LogP contribution in [0.25, 0.3) is 6.08 Å². The standard InChI is InChI=1S/C27H31N7O2/c1-4-18-15-30-27(33-25(18)31-22-7-5-6-19-16-29-26(35)24(19)22)32-21-9-8-20(14-23(21)36-17(2)3)34-12-10-28-11-13-34/h4-9,14-15,17,28H,1,10-13,16H2,2-3H3,(H,29,35)(H2,30,31,32,33). The smallest absolute Gasteiger partial charge is 0.254 e. The van der Waals surface area contributed by atoms with Gasteiger partial charge in [0, 0.05) is 56.2 Å². The van der Waals surface area contributed by atoms with Gasteiger partial charge in [-0.2, -0.15) is 4.98 Å². The third kappa shape index (κ3) is 4.96. The molecule has 36 heavy (non-hydrogen) atoms. The summed E-state index contributed by atoms with van der Waals surface area (Å²) in [6, 6.07) is 11.9. The molecule has 0 saturated carbocycles. The summed E-state index contributed by atoms with van der Waals surface area (Å²) in [5.74, 6) is 1.60. The van der Waals surface area contributed by atoms with Gasteiger partial charge in [0.05, 0.1) is 23.0 Å². The fourth-order valence-electron chi connectivity index (χ4n) is 4.42. The van der Waals surface area contributed by atoms with E-state index < -0.39 is 0 Å². The highest BCUT2D eigenvalue weighted by Gasteiger charge is 2.23. The molecular formula is C27H31N7O2. The average Bonchev–Trinajstić information content (AvgIpc) is 3.27. The lowest BCUT2D eigenvalue weighted by atomic mass is 10.1. The summed E-state index contributed by atoms with van der Waals surface area (Å²) < 4.78 is 6.15. The first-order chi connectivity index (χ1) is 17.5. The maximum atomic E-state index is 12.4. The van der Waals surface area contributed by atoms with Crippen LogP contribution in [0.3, 0.4) is 0 Å². The highest BCUT2D eigenvalue weighted by molar-refractivity contribution is 6.04. The van der Waals surface area contributed by atoms with Gasteiger partial charge < -0.3 is 30.9 Å². The van der Waals surface area contributed by atoms with Gasteiger partial charge in [0.2, 0.25) is 5.95 Å². The quantitative estimate of drug-likeness (QED) is 0.379. The average molecular weight is 486 g/mol. The number of hydrogen-bond acceptors (Lipinski definition) is 8. The summed E-state index contributed by atoms with van der Waals surface area (Å²) >= 11 is 0. The van der Waals surface area contributed by atoms with Gasteiger partial charge in [-0.1, -0.05) is 24.8 Å². The number of rotatable bonds is 8. The van der Waals surface area contributed by atoms with Gasteiger partial charge in [0.15, 0.2) is 0 Å². The second-order valence-electron chi connectivity index (χ2n) is 9.06. The molecule has 9 nitrogen and oxygen atoms in total. The number of aromatic nitrogens is 2. The van der Waals surface area contributed by atoms with Crippen LogP contribution in [0.5, 0.6) is 5.75 Å². The molecule has 1 fully saturated rings. The molecular weight excluding hydrogens is 454 g/mol. The van der Waals surface area contributed by atoms with Crippen molar-refractivity contribution in [3.05, 3.63) is 65.9 Å². The summed E-state index contributed by atoms with van der Waals surface area (Å²) in [6.45, 7) is 12.3. The van der Waals surface area contributed by atoms with E-state index in [-0.39, 0.29) is 12.0 Å². The zero-order chi connectivity index (χ0) is 25.1. The van der Waals surface area contributed by atoms with E-state index in [2.05, 4.69) is 49.9 Å². The molecule has 1 amide bonds. The molecule has 4 N–H and O–H groups in total. The van der Waals surface area contributed by atoms with E-state index in [1.807, 2.05) is 38.1 Å². The van der Waals surface area contributed by atoms with Crippen LogP contribution >= 0.6 is 0 Å². The second kappa shape index (κ2) is 10.2. The van der Waals surface area contributed by atoms with E-state index in [0.29, 0.717) is 29.6 Å². The Bertz CT molecular complexity index is 1290. The van der Waals surface area contributed by atoms with Crippen LogP contribution in [0, 0.1) is 0 Å². The minimum Gasteiger partial charge on any atom is -0.489 e. The molecule has 186 valence electrons. The topological polar surface area (TPSA) is 103 Å². The van der Waals surface area contributed by atoms with Crippen LogP contribution in [0.15, 0.2) is 49.2 Å². The summed E-state index contributed by atoms with van der Waals surface area (Å²) in [5, 5.41) is 12.9. The van der Waals surface area contributed by atoms with Crippen molar-refractivity contribution in [1.82, 2.24) is 20.6 Å². The van der Waals surface area contributed by atoms with Crippen LogP contribution in [0.4, 0.5) is 28.8 Å². The first kappa shape index (κ1) is 23.6. The molecule has 2 aliphatic rings. The van der Waals surface area contributed by atoms with Crippen LogP contribution in [-0.4, -0.2) is 48.2 Å². The van der Waals surface area contributed by atoms with Crippen molar-refractivity contribution in [1.29, 1.82) is 0 Å². The highest BCUT2D eigenvalue weighted by Crippen LogP contribution is 2.34. The van der Waals surface area contributed by atoms with Crippen molar-refractivity contribution in [3.63, 3.8) is 0 Å². The van der Waals surface area contributed by atoms with E-state index in [1.165, 1.54) is 0 Å².